The Labute approximate surface area is 204 Å². The minimum Gasteiger partial charge on any atom is -0.490 e. The molecule has 172 valence electrons. The first-order valence-electron chi connectivity index (χ1n) is 10.4. The third kappa shape index (κ3) is 4.39. The third-order valence-electron chi connectivity index (χ3n) is 5.10. The fourth-order valence-electron chi connectivity index (χ4n) is 3.52. The van der Waals surface area contributed by atoms with Gasteiger partial charge in [-0.2, -0.15) is 10.1 Å². The number of nitrogens with one attached hydrogen (secondary N) is 1. The topological polar surface area (TPSA) is 98.6 Å². The molecule has 0 bridgehead atoms. The summed E-state index contributed by atoms with van der Waals surface area (Å²) < 4.78 is 13.4. The monoisotopic (exact) mass is 493 g/mol. The Hall–Kier alpha value is -3.70. The van der Waals surface area contributed by atoms with Crippen LogP contribution in [0.15, 0.2) is 53.8 Å². The van der Waals surface area contributed by atoms with Gasteiger partial charge in [0.2, 0.25) is 0 Å². The molecule has 2 amide bonds. The van der Waals surface area contributed by atoms with Crippen molar-refractivity contribution in [1.29, 1.82) is 0 Å². The zero-order chi connectivity index (χ0) is 23.7. The van der Waals surface area contributed by atoms with E-state index in [1.807, 2.05) is 31.4 Å². The summed E-state index contributed by atoms with van der Waals surface area (Å²) in [5.74, 6) is 0.473. The lowest BCUT2D eigenvalue weighted by Crippen LogP contribution is -2.44. The fraction of sp³-hybridized carbons (Fsp3) is 0.174. The summed E-state index contributed by atoms with van der Waals surface area (Å²) in [5, 5.41) is 5.65. The van der Waals surface area contributed by atoms with Crippen LogP contribution in [0.3, 0.4) is 0 Å². The number of carbonyl (C=O) groups is 2. The zero-order valence-corrected chi connectivity index (χ0v) is 19.7. The second-order valence-corrected chi connectivity index (χ2v) is 9.19. The van der Waals surface area contributed by atoms with E-state index in [4.69, 9.17) is 21.7 Å². The molecule has 2 aromatic heterocycles. The maximum atomic E-state index is 13.0. The number of rotatable bonds is 4. The van der Waals surface area contributed by atoms with E-state index >= 15 is 0 Å². The molecule has 0 saturated carbocycles. The Kier molecular flexibility index (Phi) is 6.03. The highest BCUT2D eigenvalue weighted by Crippen LogP contribution is 2.37. The highest BCUT2D eigenvalue weighted by molar-refractivity contribution is 8.26. The molecule has 0 unspecified atom stereocenters. The first-order valence-corrected chi connectivity index (χ1v) is 11.6. The molecule has 1 saturated heterocycles. The normalized spacial score (nSPS) is 16.6. The van der Waals surface area contributed by atoms with Gasteiger partial charge in [-0.1, -0.05) is 11.8 Å². The summed E-state index contributed by atoms with van der Waals surface area (Å²) >= 11 is 6.45. The van der Waals surface area contributed by atoms with E-state index in [-0.39, 0.29) is 4.32 Å². The van der Waals surface area contributed by atoms with Crippen LogP contribution in [0.1, 0.15) is 22.3 Å². The molecular formula is C23H19N5O4S2. The summed E-state index contributed by atoms with van der Waals surface area (Å²) in [7, 11) is 1.81. The van der Waals surface area contributed by atoms with Gasteiger partial charge in [0.05, 0.1) is 29.4 Å². The molecule has 0 spiro atoms. The lowest BCUT2D eigenvalue weighted by atomic mass is 10.1. The van der Waals surface area contributed by atoms with Gasteiger partial charge in [-0.25, -0.2) is 0 Å². The highest BCUT2D eigenvalue weighted by atomic mass is 32.2. The maximum Gasteiger partial charge on any atom is 0.285 e. The summed E-state index contributed by atoms with van der Waals surface area (Å²) in [4.78, 5) is 29.8. The highest BCUT2D eigenvalue weighted by Gasteiger charge is 2.34. The number of pyridine rings is 1. The second-order valence-electron chi connectivity index (χ2n) is 7.52. The van der Waals surface area contributed by atoms with Gasteiger partial charge in [-0.15, -0.1) is 0 Å². The lowest BCUT2D eigenvalue weighted by molar-refractivity contribution is -0.123. The predicted molar refractivity (Wildman–Crippen MR) is 131 cm³/mol. The Morgan fingerprint density at radius 2 is 2.06 bits per heavy atom. The Morgan fingerprint density at radius 1 is 1.24 bits per heavy atom. The van der Waals surface area contributed by atoms with Gasteiger partial charge in [0.1, 0.15) is 0 Å². The number of thioether (sulfide) groups is 1. The van der Waals surface area contributed by atoms with Crippen molar-refractivity contribution < 1.29 is 19.1 Å². The average Bonchev–Trinajstić information content (AvgIpc) is 3.21. The van der Waals surface area contributed by atoms with Crippen LogP contribution in [0.25, 0.3) is 17.3 Å². The summed E-state index contributed by atoms with van der Waals surface area (Å²) in [5.41, 5.74) is 5.12. The molecule has 3 aromatic rings. The van der Waals surface area contributed by atoms with Crippen molar-refractivity contribution in [3.8, 4) is 22.8 Å². The van der Waals surface area contributed by atoms with Crippen LogP contribution >= 0.6 is 24.0 Å². The second kappa shape index (κ2) is 9.27. The lowest BCUT2D eigenvalue weighted by Gasteiger charge is -2.15. The third-order valence-corrected chi connectivity index (χ3v) is 6.40. The van der Waals surface area contributed by atoms with Crippen molar-refractivity contribution in [2.24, 2.45) is 7.05 Å². The van der Waals surface area contributed by atoms with E-state index in [2.05, 4.69) is 15.5 Å². The van der Waals surface area contributed by atoms with Crippen LogP contribution in [-0.2, 0) is 11.8 Å². The van der Waals surface area contributed by atoms with E-state index < -0.39 is 11.8 Å². The van der Waals surface area contributed by atoms with Gasteiger partial charge in [0, 0.05) is 43.2 Å². The van der Waals surface area contributed by atoms with Gasteiger partial charge in [0.15, 0.2) is 15.8 Å². The minimum absolute atomic E-state index is 0.231. The molecule has 5 rings (SSSR count). The summed E-state index contributed by atoms with van der Waals surface area (Å²) in [6, 6.07) is 8.91. The minimum atomic E-state index is -0.472. The molecule has 1 N–H and O–H groups in total. The van der Waals surface area contributed by atoms with Gasteiger partial charge >= 0.3 is 0 Å². The van der Waals surface area contributed by atoms with E-state index in [0.29, 0.717) is 40.9 Å². The maximum absolute atomic E-state index is 13.0. The molecule has 1 aromatic carbocycles. The number of benzene rings is 1. The number of hydrazine groups is 1. The van der Waals surface area contributed by atoms with Crippen molar-refractivity contribution in [2.75, 3.05) is 13.2 Å². The first kappa shape index (κ1) is 22.1. The molecule has 0 aliphatic carbocycles. The standard InChI is InChI=1S/C23H19N5O4S2/c1-27-13-16(20(25-27)14-5-6-17-18(10-14)32-9-3-8-31-17)11-19-22(30)28(23(33)34-19)26-21(29)15-4-2-7-24-12-15/h2,4-7,10-13H,3,8-9H2,1H3,(H,26,29). The number of hydrogen-bond donors (Lipinski definition) is 1. The molecule has 2 aliphatic rings. The van der Waals surface area contributed by atoms with Crippen LogP contribution in [-0.4, -0.2) is 49.1 Å². The van der Waals surface area contributed by atoms with Gasteiger partial charge in [0.25, 0.3) is 11.8 Å². The van der Waals surface area contributed by atoms with Crippen molar-refractivity contribution in [2.45, 2.75) is 6.42 Å². The average molecular weight is 494 g/mol. The van der Waals surface area contributed by atoms with Crippen LogP contribution in [0.5, 0.6) is 11.5 Å². The predicted octanol–water partition coefficient (Wildman–Crippen LogP) is 3.19. The van der Waals surface area contributed by atoms with Crippen molar-refractivity contribution >= 4 is 46.2 Å². The van der Waals surface area contributed by atoms with Crippen LogP contribution in [0, 0.1) is 0 Å². The van der Waals surface area contributed by atoms with Gasteiger partial charge < -0.3 is 9.47 Å². The molecule has 0 radical (unpaired) electrons. The molecule has 0 atom stereocenters. The number of carbonyl (C=O) groups excluding carboxylic acids is 2. The number of amides is 2. The number of ether oxygens (including phenoxy) is 2. The van der Waals surface area contributed by atoms with Crippen LogP contribution in [0.2, 0.25) is 0 Å². The van der Waals surface area contributed by atoms with Gasteiger partial charge in [-0.05, 0) is 48.6 Å². The molecule has 4 heterocycles. The number of aromatic nitrogens is 3. The van der Waals surface area contributed by atoms with Gasteiger partial charge in [-0.3, -0.25) is 24.7 Å². The van der Waals surface area contributed by atoms with Crippen molar-refractivity contribution in [3.05, 3.63) is 65.0 Å². The number of nitrogens with zero attached hydrogens (tertiary/aromatic N) is 4. The Morgan fingerprint density at radius 3 is 2.85 bits per heavy atom. The molecule has 11 heteroatoms. The summed E-state index contributed by atoms with van der Waals surface area (Å²) in [6.07, 6.45) is 7.34. The number of fused-ring (bicyclic) bond motifs is 1. The molecule has 9 nitrogen and oxygen atoms in total. The number of hydrogen-bond acceptors (Lipinski definition) is 8. The quantitative estimate of drug-likeness (QED) is 0.437. The van der Waals surface area contributed by atoms with E-state index in [9.17, 15) is 9.59 Å². The Balaban J connectivity index is 1.41. The van der Waals surface area contributed by atoms with Crippen LogP contribution in [0.4, 0.5) is 0 Å². The summed E-state index contributed by atoms with van der Waals surface area (Å²) in [6.45, 7) is 1.19. The first-order chi connectivity index (χ1) is 16.5. The fourth-order valence-corrected chi connectivity index (χ4v) is 4.69. The SMILES string of the molecule is Cn1cc(C=C2SC(=S)N(NC(=O)c3cccnc3)C2=O)c(-c2ccc3c(c2)OCCCO3)n1. The smallest absolute Gasteiger partial charge is 0.285 e. The Bertz CT molecular complexity index is 1320. The molecule has 34 heavy (non-hydrogen) atoms. The number of aryl methyl sites for hydroxylation is 1. The largest absolute Gasteiger partial charge is 0.490 e. The molecule has 2 aliphatic heterocycles. The number of thiocarbonyl (C=S) groups is 1. The molecular weight excluding hydrogens is 474 g/mol. The van der Waals surface area contributed by atoms with E-state index in [0.717, 1.165) is 34.3 Å². The van der Waals surface area contributed by atoms with Crippen molar-refractivity contribution in [1.82, 2.24) is 25.2 Å². The van der Waals surface area contributed by atoms with Crippen molar-refractivity contribution in [3.63, 3.8) is 0 Å². The van der Waals surface area contributed by atoms with E-state index in [1.165, 1.54) is 6.20 Å². The van der Waals surface area contributed by atoms with Crippen LogP contribution < -0.4 is 14.9 Å². The zero-order valence-electron chi connectivity index (χ0n) is 18.1. The van der Waals surface area contributed by atoms with E-state index in [1.54, 1.807) is 29.1 Å². The molecule has 1 fully saturated rings.